The number of hydrogen-bond donors (Lipinski definition) is 3. The predicted molar refractivity (Wildman–Crippen MR) is 125 cm³/mol. The van der Waals surface area contributed by atoms with Crippen LogP contribution in [0.5, 0.6) is 0 Å². The average Bonchev–Trinajstić information content (AvgIpc) is 3.23. The van der Waals surface area contributed by atoms with Gasteiger partial charge in [-0.1, -0.05) is 18.2 Å². The molecule has 0 spiro atoms. The lowest BCUT2D eigenvalue weighted by Gasteiger charge is -2.09. The van der Waals surface area contributed by atoms with Gasteiger partial charge in [-0.15, -0.1) is 0 Å². The van der Waals surface area contributed by atoms with Crippen LogP contribution in [0.15, 0.2) is 88.7 Å². The van der Waals surface area contributed by atoms with Gasteiger partial charge < -0.3 is 10.3 Å². The Labute approximate surface area is 191 Å². The number of para-hydroxylation sites is 1. The minimum absolute atomic E-state index is 0.0680. The molecule has 34 heavy (non-hydrogen) atoms. The normalized spacial score (nSPS) is 11.6. The van der Waals surface area contributed by atoms with Crippen molar-refractivity contribution < 1.29 is 17.6 Å². The average molecular weight is 477 g/mol. The van der Waals surface area contributed by atoms with Gasteiger partial charge in [0.2, 0.25) is 0 Å². The van der Waals surface area contributed by atoms with Gasteiger partial charge in [0.05, 0.1) is 27.7 Å². The van der Waals surface area contributed by atoms with E-state index in [1.165, 1.54) is 53.2 Å². The number of benzene rings is 3. The number of fused-ring (bicyclic) bond motifs is 3. The molecule has 170 valence electrons. The van der Waals surface area contributed by atoms with Gasteiger partial charge in [-0.3, -0.25) is 14.3 Å². The van der Waals surface area contributed by atoms with Crippen molar-refractivity contribution in [3.63, 3.8) is 0 Å². The SMILES string of the molecule is O=C(Nc1ccc(S(=O)(=O)Nc2cccc(F)c2)cc1)c1cnn2c1[nH]c(=O)c1ccccc12. The summed E-state index contributed by atoms with van der Waals surface area (Å²) in [5.41, 5.74) is 1.01. The molecule has 0 aliphatic carbocycles. The minimum Gasteiger partial charge on any atom is -0.322 e. The quantitative estimate of drug-likeness (QED) is 0.358. The summed E-state index contributed by atoms with van der Waals surface area (Å²) in [6, 6.07) is 17.4. The zero-order valence-corrected chi connectivity index (χ0v) is 18.1. The Kier molecular flexibility index (Phi) is 5.10. The monoisotopic (exact) mass is 477 g/mol. The molecular weight excluding hydrogens is 461 g/mol. The van der Waals surface area contributed by atoms with Gasteiger partial charge in [-0.2, -0.15) is 5.10 Å². The molecular formula is C23H16FN5O4S. The maximum absolute atomic E-state index is 13.3. The van der Waals surface area contributed by atoms with Crippen LogP contribution in [0.25, 0.3) is 16.6 Å². The molecule has 0 bridgehead atoms. The fraction of sp³-hybridized carbons (Fsp3) is 0. The topological polar surface area (TPSA) is 125 Å². The lowest BCUT2D eigenvalue weighted by atomic mass is 10.2. The Bertz CT molecular complexity index is 1730. The highest BCUT2D eigenvalue weighted by molar-refractivity contribution is 7.92. The molecule has 5 rings (SSSR count). The smallest absolute Gasteiger partial charge is 0.261 e. The van der Waals surface area contributed by atoms with Crippen molar-refractivity contribution in [3.05, 3.63) is 101 Å². The van der Waals surface area contributed by atoms with Gasteiger partial charge in [0.25, 0.3) is 21.5 Å². The molecule has 3 N–H and O–H groups in total. The van der Waals surface area contributed by atoms with Crippen LogP contribution in [0, 0.1) is 5.82 Å². The maximum atomic E-state index is 13.3. The van der Waals surface area contributed by atoms with Gasteiger partial charge in [-0.05, 0) is 54.6 Å². The number of aromatic amines is 1. The third-order valence-electron chi connectivity index (χ3n) is 5.12. The number of sulfonamides is 1. The molecule has 2 aromatic heterocycles. The number of nitrogens with zero attached hydrogens (tertiary/aromatic N) is 2. The van der Waals surface area contributed by atoms with E-state index >= 15 is 0 Å². The number of rotatable bonds is 5. The van der Waals surface area contributed by atoms with Crippen LogP contribution >= 0.6 is 0 Å². The van der Waals surface area contributed by atoms with Crippen LogP contribution in [0.1, 0.15) is 10.4 Å². The van der Waals surface area contributed by atoms with Crippen molar-refractivity contribution in [2.45, 2.75) is 4.90 Å². The Morgan fingerprint density at radius 3 is 2.50 bits per heavy atom. The predicted octanol–water partition coefficient (Wildman–Crippen LogP) is 3.37. The summed E-state index contributed by atoms with van der Waals surface area (Å²) in [6.07, 6.45) is 1.34. The van der Waals surface area contributed by atoms with E-state index in [9.17, 15) is 22.4 Å². The molecule has 11 heteroatoms. The number of carbonyl (C=O) groups excluding carboxylic acids is 1. The number of H-pyrrole nitrogens is 1. The third-order valence-corrected chi connectivity index (χ3v) is 6.52. The number of nitrogens with one attached hydrogen (secondary N) is 3. The summed E-state index contributed by atoms with van der Waals surface area (Å²) < 4.78 is 42.2. The standard InChI is InChI=1S/C23H16FN5O4S/c24-14-4-3-5-16(12-14)28-34(32,33)17-10-8-15(9-11-17)26-23(31)19-13-25-29-20-7-2-1-6-18(20)22(30)27-21(19)29/h1-13,28H,(H,26,31)(H,27,30). The summed E-state index contributed by atoms with van der Waals surface area (Å²) in [5.74, 6) is -1.10. The second-order valence-corrected chi connectivity index (χ2v) is 9.07. The molecule has 3 aromatic carbocycles. The molecule has 0 aliphatic rings. The van der Waals surface area contributed by atoms with Gasteiger partial charge in [0.15, 0.2) is 0 Å². The third kappa shape index (κ3) is 3.88. The number of aromatic nitrogens is 3. The van der Waals surface area contributed by atoms with Crippen molar-refractivity contribution in [1.82, 2.24) is 14.6 Å². The first-order valence-corrected chi connectivity index (χ1v) is 11.5. The number of hydrogen-bond acceptors (Lipinski definition) is 5. The summed E-state index contributed by atoms with van der Waals surface area (Å²) in [6.45, 7) is 0. The number of halogens is 1. The molecule has 0 radical (unpaired) electrons. The van der Waals surface area contributed by atoms with Crippen LogP contribution < -0.4 is 15.6 Å². The van der Waals surface area contributed by atoms with E-state index in [0.29, 0.717) is 16.6 Å². The zero-order valence-electron chi connectivity index (χ0n) is 17.3. The maximum Gasteiger partial charge on any atom is 0.261 e. The van der Waals surface area contributed by atoms with Crippen LogP contribution in [0.2, 0.25) is 0 Å². The van der Waals surface area contributed by atoms with Crippen LogP contribution in [-0.2, 0) is 10.0 Å². The van der Waals surface area contributed by atoms with E-state index in [4.69, 9.17) is 0 Å². The van der Waals surface area contributed by atoms with Crippen molar-refractivity contribution in [1.29, 1.82) is 0 Å². The van der Waals surface area contributed by atoms with E-state index in [-0.39, 0.29) is 27.4 Å². The number of carbonyl (C=O) groups is 1. The minimum atomic E-state index is -3.96. The molecule has 0 saturated heterocycles. The number of amides is 1. The molecule has 0 saturated carbocycles. The highest BCUT2D eigenvalue weighted by atomic mass is 32.2. The second kappa shape index (κ2) is 8.12. The Morgan fingerprint density at radius 1 is 0.971 bits per heavy atom. The van der Waals surface area contributed by atoms with Crippen molar-refractivity contribution in [3.8, 4) is 0 Å². The summed E-state index contributed by atoms with van der Waals surface area (Å²) in [4.78, 5) is 27.8. The van der Waals surface area contributed by atoms with Crippen LogP contribution in [0.4, 0.5) is 15.8 Å². The molecule has 1 amide bonds. The first-order valence-electron chi connectivity index (χ1n) is 10.0. The van der Waals surface area contributed by atoms with E-state index in [0.717, 1.165) is 6.07 Å². The van der Waals surface area contributed by atoms with E-state index < -0.39 is 21.7 Å². The van der Waals surface area contributed by atoms with Gasteiger partial charge in [0, 0.05) is 5.69 Å². The lowest BCUT2D eigenvalue weighted by Crippen LogP contribution is -2.16. The summed E-state index contributed by atoms with van der Waals surface area (Å²) in [7, 11) is -3.96. The molecule has 9 nitrogen and oxygen atoms in total. The van der Waals surface area contributed by atoms with Gasteiger partial charge in [0.1, 0.15) is 17.0 Å². The van der Waals surface area contributed by atoms with Crippen molar-refractivity contribution >= 4 is 43.9 Å². The van der Waals surface area contributed by atoms with Gasteiger partial charge in [-0.25, -0.2) is 17.3 Å². The van der Waals surface area contributed by atoms with Crippen molar-refractivity contribution in [2.24, 2.45) is 0 Å². The Morgan fingerprint density at radius 2 is 1.74 bits per heavy atom. The molecule has 0 fully saturated rings. The lowest BCUT2D eigenvalue weighted by molar-refractivity contribution is 0.102. The Balaban J connectivity index is 1.39. The Hall–Kier alpha value is -4.51. The molecule has 0 unspecified atom stereocenters. The van der Waals surface area contributed by atoms with E-state index in [1.54, 1.807) is 24.3 Å². The van der Waals surface area contributed by atoms with Gasteiger partial charge >= 0.3 is 0 Å². The molecule has 5 aromatic rings. The molecule has 2 heterocycles. The largest absolute Gasteiger partial charge is 0.322 e. The fourth-order valence-corrected chi connectivity index (χ4v) is 4.57. The highest BCUT2D eigenvalue weighted by Crippen LogP contribution is 2.20. The van der Waals surface area contributed by atoms with E-state index in [1.807, 2.05) is 0 Å². The van der Waals surface area contributed by atoms with Crippen molar-refractivity contribution in [2.75, 3.05) is 10.0 Å². The number of anilines is 2. The zero-order chi connectivity index (χ0) is 23.9. The summed E-state index contributed by atoms with van der Waals surface area (Å²) in [5, 5.41) is 7.31. The molecule has 0 atom stereocenters. The first-order chi connectivity index (χ1) is 16.3. The first kappa shape index (κ1) is 21.3. The fourth-order valence-electron chi connectivity index (χ4n) is 3.52. The van der Waals surface area contributed by atoms with E-state index in [2.05, 4.69) is 20.1 Å². The second-order valence-electron chi connectivity index (χ2n) is 7.38. The van der Waals surface area contributed by atoms with Crippen LogP contribution in [-0.4, -0.2) is 28.9 Å². The van der Waals surface area contributed by atoms with Crippen LogP contribution in [0.3, 0.4) is 0 Å². The highest BCUT2D eigenvalue weighted by Gasteiger charge is 2.18. The summed E-state index contributed by atoms with van der Waals surface area (Å²) >= 11 is 0. The molecule has 0 aliphatic heterocycles.